The minimum absolute atomic E-state index is 0.382. The van der Waals surface area contributed by atoms with Gasteiger partial charge < -0.3 is 14.4 Å². The lowest BCUT2D eigenvalue weighted by molar-refractivity contribution is 0.0255. The van der Waals surface area contributed by atoms with Crippen LogP contribution < -0.4 is 0 Å². The molecule has 0 radical (unpaired) electrons. The summed E-state index contributed by atoms with van der Waals surface area (Å²) in [6, 6.07) is 16.7. The maximum Gasteiger partial charge on any atom is 0.0952 e. The number of nitrogens with zero attached hydrogens (tertiary/aromatic N) is 1. The Morgan fingerprint density at radius 2 is 1.52 bits per heavy atom. The van der Waals surface area contributed by atoms with Crippen LogP contribution in [0.15, 0.2) is 48.5 Å². The molecule has 3 rings (SSSR count). The fraction of sp³-hybridized carbons (Fsp3) is 0.400. The third kappa shape index (κ3) is 3.57. The molecule has 1 aromatic heterocycles. The number of hydrogen-bond donors (Lipinski definition) is 1. The molecule has 3 heteroatoms. The summed E-state index contributed by atoms with van der Waals surface area (Å²) in [6.45, 7) is 6.00. The maximum absolute atomic E-state index is 10.4. The molecule has 0 saturated heterocycles. The van der Waals surface area contributed by atoms with Gasteiger partial charge in [-0.3, -0.25) is 0 Å². The zero-order valence-corrected chi connectivity index (χ0v) is 13.9. The normalized spacial score (nSPS) is 13.2. The van der Waals surface area contributed by atoms with Crippen molar-refractivity contribution in [2.75, 3.05) is 13.2 Å². The highest BCUT2D eigenvalue weighted by Crippen LogP contribution is 2.28. The summed E-state index contributed by atoms with van der Waals surface area (Å²) >= 11 is 0. The van der Waals surface area contributed by atoms with Crippen molar-refractivity contribution in [3.8, 4) is 0 Å². The van der Waals surface area contributed by atoms with Gasteiger partial charge in [-0.05, 0) is 24.5 Å². The van der Waals surface area contributed by atoms with Crippen molar-refractivity contribution >= 4 is 21.8 Å². The number of hydrogen-bond acceptors (Lipinski definition) is 2. The summed E-state index contributed by atoms with van der Waals surface area (Å²) in [5.41, 5.74) is 2.32. The number of ether oxygens (including phenoxy) is 1. The standard InChI is InChI=1S/C20H25NO2/c1-15(2)11-12-23-14-16(22)13-21-19-9-5-3-7-17(19)18-8-4-6-10-20(18)21/h3-10,15-16,22H,11-14H2,1-2H3. The van der Waals surface area contributed by atoms with Gasteiger partial charge in [-0.25, -0.2) is 0 Å². The van der Waals surface area contributed by atoms with E-state index in [0.29, 0.717) is 25.7 Å². The van der Waals surface area contributed by atoms with E-state index in [0.717, 1.165) is 17.5 Å². The van der Waals surface area contributed by atoms with Crippen LogP contribution in [0.1, 0.15) is 20.3 Å². The average Bonchev–Trinajstić information content (AvgIpc) is 2.86. The molecule has 1 unspecified atom stereocenters. The molecule has 0 spiro atoms. The minimum atomic E-state index is -0.499. The Bertz CT molecular complexity index is 722. The highest BCUT2D eigenvalue weighted by atomic mass is 16.5. The van der Waals surface area contributed by atoms with E-state index in [1.807, 2.05) is 12.1 Å². The molecule has 3 nitrogen and oxygen atoms in total. The van der Waals surface area contributed by atoms with Gasteiger partial charge in [-0.1, -0.05) is 50.2 Å². The van der Waals surface area contributed by atoms with E-state index in [9.17, 15) is 5.11 Å². The molecule has 0 amide bonds. The Labute approximate surface area is 137 Å². The fourth-order valence-corrected chi connectivity index (χ4v) is 3.00. The summed E-state index contributed by atoms with van der Waals surface area (Å²) in [4.78, 5) is 0. The van der Waals surface area contributed by atoms with Gasteiger partial charge in [-0.15, -0.1) is 0 Å². The van der Waals surface area contributed by atoms with Gasteiger partial charge >= 0.3 is 0 Å². The van der Waals surface area contributed by atoms with Crippen LogP contribution in [0.2, 0.25) is 0 Å². The molecule has 0 saturated carbocycles. The van der Waals surface area contributed by atoms with Crippen molar-refractivity contribution in [3.63, 3.8) is 0 Å². The number of aliphatic hydroxyl groups is 1. The molecule has 3 aromatic rings. The first kappa shape index (κ1) is 16.0. The number of benzene rings is 2. The van der Waals surface area contributed by atoms with Gasteiger partial charge in [0, 0.05) is 28.4 Å². The first-order chi connectivity index (χ1) is 11.2. The van der Waals surface area contributed by atoms with Crippen molar-refractivity contribution in [2.24, 2.45) is 5.92 Å². The van der Waals surface area contributed by atoms with E-state index in [1.165, 1.54) is 10.8 Å². The van der Waals surface area contributed by atoms with Crippen LogP contribution in [-0.2, 0) is 11.3 Å². The predicted octanol–water partition coefficient (Wildman–Crippen LogP) is 4.22. The summed E-state index contributed by atoms with van der Waals surface area (Å²) in [5, 5.41) is 12.8. The van der Waals surface area contributed by atoms with Crippen LogP contribution in [0.5, 0.6) is 0 Å². The van der Waals surface area contributed by atoms with Crippen LogP contribution in [0.4, 0.5) is 0 Å². The summed E-state index contributed by atoms with van der Waals surface area (Å²) in [7, 11) is 0. The van der Waals surface area contributed by atoms with Crippen molar-refractivity contribution < 1.29 is 9.84 Å². The van der Waals surface area contributed by atoms with Crippen LogP contribution in [0.3, 0.4) is 0 Å². The number of aromatic nitrogens is 1. The lowest BCUT2D eigenvalue weighted by Gasteiger charge is -2.15. The lowest BCUT2D eigenvalue weighted by atomic mass is 10.1. The Morgan fingerprint density at radius 1 is 0.957 bits per heavy atom. The van der Waals surface area contributed by atoms with Crippen molar-refractivity contribution in [1.82, 2.24) is 4.57 Å². The molecule has 1 heterocycles. The smallest absolute Gasteiger partial charge is 0.0952 e. The van der Waals surface area contributed by atoms with E-state index in [1.54, 1.807) is 0 Å². The maximum atomic E-state index is 10.4. The molecule has 1 atom stereocenters. The zero-order chi connectivity index (χ0) is 16.2. The van der Waals surface area contributed by atoms with Crippen LogP contribution in [0, 0.1) is 5.92 Å². The van der Waals surface area contributed by atoms with Gasteiger partial charge in [0.25, 0.3) is 0 Å². The highest BCUT2D eigenvalue weighted by Gasteiger charge is 2.13. The molecule has 0 bridgehead atoms. The Kier molecular flexibility index (Phi) is 4.99. The summed E-state index contributed by atoms with van der Waals surface area (Å²) in [5.74, 6) is 0.629. The predicted molar refractivity (Wildman–Crippen MR) is 95.7 cm³/mol. The molecule has 122 valence electrons. The molecular formula is C20H25NO2. The molecule has 1 N–H and O–H groups in total. The molecule has 0 aliphatic rings. The number of fused-ring (bicyclic) bond motifs is 3. The molecular weight excluding hydrogens is 286 g/mol. The van der Waals surface area contributed by atoms with E-state index in [-0.39, 0.29) is 0 Å². The molecule has 2 aromatic carbocycles. The Morgan fingerprint density at radius 3 is 2.09 bits per heavy atom. The third-order valence-electron chi connectivity index (χ3n) is 4.22. The van der Waals surface area contributed by atoms with Gasteiger partial charge in [0.2, 0.25) is 0 Å². The van der Waals surface area contributed by atoms with Gasteiger partial charge in [0.15, 0.2) is 0 Å². The number of para-hydroxylation sites is 2. The van der Waals surface area contributed by atoms with E-state index < -0.39 is 6.10 Å². The highest BCUT2D eigenvalue weighted by molar-refractivity contribution is 6.07. The third-order valence-corrected chi connectivity index (χ3v) is 4.22. The van der Waals surface area contributed by atoms with Crippen molar-refractivity contribution in [3.05, 3.63) is 48.5 Å². The zero-order valence-electron chi connectivity index (χ0n) is 13.9. The molecule has 0 aliphatic heterocycles. The first-order valence-corrected chi connectivity index (χ1v) is 8.38. The second-order valence-electron chi connectivity index (χ2n) is 6.56. The number of aliphatic hydroxyl groups excluding tert-OH is 1. The van der Waals surface area contributed by atoms with Crippen molar-refractivity contribution in [1.29, 1.82) is 0 Å². The van der Waals surface area contributed by atoms with Crippen LogP contribution >= 0.6 is 0 Å². The topological polar surface area (TPSA) is 34.4 Å². The van der Waals surface area contributed by atoms with Gasteiger partial charge in [-0.2, -0.15) is 0 Å². The molecule has 0 fully saturated rings. The first-order valence-electron chi connectivity index (χ1n) is 8.38. The second kappa shape index (κ2) is 7.16. The molecule has 0 aliphatic carbocycles. The quantitative estimate of drug-likeness (QED) is 0.663. The molecule has 23 heavy (non-hydrogen) atoms. The van der Waals surface area contributed by atoms with Gasteiger partial charge in [0.1, 0.15) is 0 Å². The lowest BCUT2D eigenvalue weighted by Crippen LogP contribution is -2.22. The van der Waals surface area contributed by atoms with E-state index in [4.69, 9.17) is 4.74 Å². The summed E-state index contributed by atoms with van der Waals surface area (Å²) in [6.07, 6.45) is 0.531. The summed E-state index contributed by atoms with van der Waals surface area (Å²) < 4.78 is 7.81. The largest absolute Gasteiger partial charge is 0.389 e. The van der Waals surface area contributed by atoms with Crippen LogP contribution in [0.25, 0.3) is 21.8 Å². The van der Waals surface area contributed by atoms with Crippen molar-refractivity contribution in [2.45, 2.75) is 32.9 Å². The van der Waals surface area contributed by atoms with Crippen LogP contribution in [-0.4, -0.2) is 29.0 Å². The fourth-order valence-electron chi connectivity index (χ4n) is 3.00. The Hall–Kier alpha value is -1.84. The van der Waals surface area contributed by atoms with E-state index in [2.05, 4.69) is 54.8 Å². The second-order valence-corrected chi connectivity index (χ2v) is 6.56. The SMILES string of the molecule is CC(C)CCOCC(O)Cn1c2ccccc2c2ccccc21. The minimum Gasteiger partial charge on any atom is -0.389 e. The average molecular weight is 311 g/mol. The number of rotatable bonds is 7. The Balaban J connectivity index is 1.79. The van der Waals surface area contributed by atoms with Gasteiger partial charge in [0.05, 0.1) is 19.3 Å². The van der Waals surface area contributed by atoms with E-state index >= 15 is 0 Å². The monoisotopic (exact) mass is 311 g/mol.